The van der Waals surface area contributed by atoms with E-state index in [9.17, 15) is 4.39 Å². The third-order valence-electron chi connectivity index (χ3n) is 2.24. The molecule has 3 heteroatoms. The lowest BCUT2D eigenvalue weighted by Crippen LogP contribution is -2.11. The summed E-state index contributed by atoms with van der Waals surface area (Å²) in [6.45, 7) is 6.33. The number of hydrogen-bond acceptors (Lipinski definition) is 2. The summed E-state index contributed by atoms with van der Waals surface area (Å²) < 4.78 is 14.0. The zero-order valence-corrected chi connectivity index (χ0v) is 9.28. The Kier molecular flexibility index (Phi) is 2.07. The highest BCUT2D eigenvalue weighted by Crippen LogP contribution is 2.32. The Balaban J connectivity index is 2.80. The SMILES string of the molecule is CC(C)(C)c1ccc(F)c2scnc12. The second kappa shape index (κ2) is 3.02. The molecule has 0 saturated carbocycles. The summed E-state index contributed by atoms with van der Waals surface area (Å²) in [6, 6.07) is 3.36. The molecule has 0 aliphatic carbocycles. The van der Waals surface area contributed by atoms with Crippen LogP contribution in [0, 0.1) is 5.82 Å². The largest absolute Gasteiger partial charge is 0.244 e. The first kappa shape index (κ1) is 9.59. The van der Waals surface area contributed by atoms with Crippen LogP contribution in [0.4, 0.5) is 4.39 Å². The van der Waals surface area contributed by atoms with E-state index in [4.69, 9.17) is 0 Å². The van der Waals surface area contributed by atoms with Crippen molar-refractivity contribution in [1.82, 2.24) is 4.98 Å². The van der Waals surface area contributed by atoms with Crippen molar-refractivity contribution in [2.45, 2.75) is 26.2 Å². The van der Waals surface area contributed by atoms with E-state index in [1.54, 1.807) is 5.51 Å². The Morgan fingerprint density at radius 3 is 2.64 bits per heavy atom. The fourth-order valence-electron chi connectivity index (χ4n) is 1.52. The third kappa shape index (κ3) is 1.42. The lowest BCUT2D eigenvalue weighted by molar-refractivity contribution is 0.591. The normalized spacial score (nSPS) is 12.3. The number of nitrogens with zero attached hydrogens (tertiary/aromatic N) is 1. The van der Waals surface area contributed by atoms with Gasteiger partial charge in [-0.1, -0.05) is 26.8 Å². The highest BCUT2D eigenvalue weighted by atomic mass is 32.1. The van der Waals surface area contributed by atoms with E-state index in [0.29, 0.717) is 4.70 Å². The maximum absolute atomic E-state index is 13.4. The monoisotopic (exact) mass is 209 g/mol. The van der Waals surface area contributed by atoms with Gasteiger partial charge in [0.2, 0.25) is 0 Å². The lowest BCUT2D eigenvalue weighted by Gasteiger charge is -2.19. The van der Waals surface area contributed by atoms with Crippen LogP contribution in [0.25, 0.3) is 10.2 Å². The van der Waals surface area contributed by atoms with Gasteiger partial charge in [0.15, 0.2) is 0 Å². The van der Waals surface area contributed by atoms with Crippen molar-refractivity contribution in [2.24, 2.45) is 0 Å². The van der Waals surface area contributed by atoms with E-state index < -0.39 is 0 Å². The fraction of sp³-hybridized carbons (Fsp3) is 0.364. The summed E-state index contributed by atoms with van der Waals surface area (Å²) in [5.74, 6) is -0.171. The van der Waals surface area contributed by atoms with Crippen LogP contribution < -0.4 is 0 Å². The molecule has 14 heavy (non-hydrogen) atoms. The van der Waals surface area contributed by atoms with Gasteiger partial charge in [0.05, 0.1) is 15.7 Å². The number of benzene rings is 1. The summed E-state index contributed by atoms with van der Waals surface area (Å²) in [5.41, 5.74) is 3.63. The summed E-state index contributed by atoms with van der Waals surface area (Å²) in [6.07, 6.45) is 0. The number of thiazole rings is 1. The molecule has 0 spiro atoms. The average Bonchev–Trinajstić information content (AvgIpc) is 2.50. The van der Waals surface area contributed by atoms with Gasteiger partial charge < -0.3 is 0 Å². The molecule has 1 heterocycles. The van der Waals surface area contributed by atoms with Gasteiger partial charge in [-0.05, 0) is 17.0 Å². The second-order valence-electron chi connectivity index (χ2n) is 4.38. The zero-order valence-electron chi connectivity index (χ0n) is 8.47. The number of fused-ring (bicyclic) bond motifs is 1. The standard InChI is InChI=1S/C11H12FNS/c1-11(2,3)7-4-5-8(12)10-9(7)13-6-14-10/h4-6H,1-3H3. The molecule has 1 aromatic heterocycles. The third-order valence-corrected chi connectivity index (χ3v) is 3.08. The van der Waals surface area contributed by atoms with Gasteiger partial charge in [0.1, 0.15) is 5.82 Å². The van der Waals surface area contributed by atoms with Gasteiger partial charge in [0, 0.05) is 0 Å². The van der Waals surface area contributed by atoms with Crippen molar-refractivity contribution in [2.75, 3.05) is 0 Å². The van der Waals surface area contributed by atoms with Crippen molar-refractivity contribution < 1.29 is 4.39 Å². The Morgan fingerprint density at radius 2 is 2.00 bits per heavy atom. The minimum atomic E-state index is -0.171. The van der Waals surface area contributed by atoms with Crippen molar-refractivity contribution in [3.05, 3.63) is 29.0 Å². The molecule has 0 atom stereocenters. The van der Waals surface area contributed by atoms with Gasteiger partial charge in [-0.15, -0.1) is 11.3 Å². The molecular weight excluding hydrogens is 197 g/mol. The number of hydrogen-bond donors (Lipinski definition) is 0. The van der Waals surface area contributed by atoms with Crippen LogP contribution in [0.2, 0.25) is 0 Å². The van der Waals surface area contributed by atoms with Gasteiger partial charge in [-0.2, -0.15) is 0 Å². The van der Waals surface area contributed by atoms with Crippen LogP contribution in [0.5, 0.6) is 0 Å². The number of rotatable bonds is 0. The first-order valence-electron chi connectivity index (χ1n) is 4.52. The van der Waals surface area contributed by atoms with Gasteiger partial charge in [-0.3, -0.25) is 0 Å². The predicted molar refractivity (Wildman–Crippen MR) is 58.3 cm³/mol. The molecule has 0 N–H and O–H groups in total. The van der Waals surface area contributed by atoms with Crippen molar-refractivity contribution in [3.8, 4) is 0 Å². The second-order valence-corrected chi connectivity index (χ2v) is 5.23. The van der Waals surface area contributed by atoms with E-state index in [1.807, 2.05) is 6.07 Å². The van der Waals surface area contributed by atoms with Crippen LogP contribution in [0.3, 0.4) is 0 Å². The molecule has 74 valence electrons. The van der Waals surface area contributed by atoms with Gasteiger partial charge >= 0.3 is 0 Å². The molecule has 2 aromatic rings. The Morgan fingerprint density at radius 1 is 1.29 bits per heavy atom. The minimum Gasteiger partial charge on any atom is -0.244 e. The van der Waals surface area contributed by atoms with Crippen LogP contribution in [-0.4, -0.2) is 4.98 Å². The summed E-state index contributed by atoms with van der Waals surface area (Å²) in [5, 5.41) is 0. The fourth-order valence-corrected chi connectivity index (χ4v) is 2.24. The summed E-state index contributed by atoms with van der Waals surface area (Å²) >= 11 is 1.36. The van der Waals surface area contributed by atoms with Crippen LogP contribution in [-0.2, 0) is 5.41 Å². The molecule has 1 nitrogen and oxygen atoms in total. The first-order valence-corrected chi connectivity index (χ1v) is 5.40. The maximum Gasteiger partial charge on any atom is 0.142 e. The molecule has 0 bridgehead atoms. The molecule has 0 unspecified atom stereocenters. The highest BCUT2D eigenvalue weighted by molar-refractivity contribution is 7.16. The average molecular weight is 209 g/mol. The van der Waals surface area contributed by atoms with Crippen molar-refractivity contribution in [3.63, 3.8) is 0 Å². The van der Waals surface area contributed by atoms with Crippen molar-refractivity contribution in [1.29, 1.82) is 0 Å². The maximum atomic E-state index is 13.4. The summed E-state index contributed by atoms with van der Waals surface area (Å²) in [7, 11) is 0. The molecule has 0 aliphatic rings. The quantitative estimate of drug-likeness (QED) is 0.644. The molecule has 0 aliphatic heterocycles. The Labute approximate surface area is 86.6 Å². The molecule has 1 aromatic carbocycles. The van der Waals surface area contributed by atoms with E-state index in [0.717, 1.165) is 11.1 Å². The minimum absolute atomic E-state index is 0.0139. The molecule has 0 saturated heterocycles. The summed E-state index contributed by atoms with van der Waals surface area (Å²) in [4.78, 5) is 4.22. The first-order chi connectivity index (χ1) is 6.50. The molecule has 0 fully saturated rings. The van der Waals surface area contributed by atoms with Gasteiger partial charge in [-0.25, -0.2) is 9.37 Å². The highest BCUT2D eigenvalue weighted by Gasteiger charge is 2.19. The van der Waals surface area contributed by atoms with E-state index in [-0.39, 0.29) is 11.2 Å². The van der Waals surface area contributed by atoms with E-state index >= 15 is 0 Å². The molecule has 0 amide bonds. The molecular formula is C11H12FNS. The molecule has 0 radical (unpaired) electrons. The zero-order chi connectivity index (χ0) is 10.3. The Bertz CT molecular complexity index is 468. The lowest BCUT2D eigenvalue weighted by atomic mass is 9.86. The van der Waals surface area contributed by atoms with Crippen molar-refractivity contribution >= 4 is 21.6 Å². The van der Waals surface area contributed by atoms with Gasteiger partial charge in [0.25, 0.3) is 0 Å². The predicted octanol–water partition coefficient (Wildman–Crippen LogP) is 3.73. The topological polar surface area (TPSA) is 12.9 Å². The number of aromatic nitrogens is 1. The van der Waals surface area contributed by atoms with E-state index in [1.165, 1.54) is 17.4 Å². The smallest absolute Gasteiger partial charge is 0.142 e. The van der Waals surface area contributed by atoms with Crippen LogP contribution >= 0.6 is 11.3 Å². The van der Waals surface area contributed by atoms with Crippen LogP contribution in [0.1, 0.15) is 26.3 Å². The van der Waals surface area contributed by atoms with Crippen LogP contribution in [0.15, 0.2) is 17.6 Å². The van der Waals surface area contributed by atoms with E-state index in [2.05, 4.69) is 25.8 Å². The molecule has 2 rings (SSSR count). The Hall–Kier alpha value is -0.960. The number of halogens is 1.